The van der Waals surface area contributed by atoms with Gasteiger partial charge >= 0.3 is 0 Å². The topological polar surface area (TPSA) is 42.7 Å². The third kappa shape index (κ3) is 1.95. The maximum atomic E-state index is 4.15. The molecule has 0 atom stereocenters. The summed E-state index contributed by atoms with van der Waals surface area (Å²) in [6, 6.07) is 0.594. The molecule has 0 saturated heterocycles. The van der Waals surface area contributed by atoms with Gasteiger partial charge in [0, 0.05) is 13.1 Å². The van der Waals surface area contributed by atoms with E-state index in [9.17, 15) is 0 Å². The quantitative estimate of drug-likeness (QED) is 0.690. The largest absolute Gasteiger partial charge is 0.306 e. The molecule has 1 aromatic rings. The molecule has 1 aromatic heterocycles. The van der Waals surface area contributed by atoms with Gasteiger partial charge in [0.15, 0.2) is 0 Å². The molecule has 0 spiro atoms. The smallest absolute Gasteiger partial charge is 0.140 e. The first-order chi connectivity index (χ1) is 6.36. The Bertz CT molecular complexity index is 294. The zero-order valence-electron chi connectivity index (χ0n) is 7.77. The number of hydrogen-bond acceptors (Lipinski definition) is 3. The first-order valence-electron chi connectivity index (χ1n) is 4.57. The van der Waals surface area contributed by atoms with Crippen molar-refractivity contribution in [1.29, 1.82) is 0 Å². The molecule has 1 heterocycles. The molecular formula is C9H14N4. The lowest BCUT2D eigenvalue weighted by Gasteiger charge is -2.10. The van der Waals surface area contributed by atoms with Crippen LogP contribution in [0.4, 0.5) is 0 Å². The van der Waals surface area contributed by atoms with Crippen LogP contribution in [-0.4, -0.2) is 20.8 Å². The Morgan fingerprint density at radius 2 is 2.31 bits per heavy atom. The SMILES string of the molecule is Cn1ncnc1CNC1CC=CC1. The highest BCUT2D eigenvalue weighted by atomic mass is 15.3. The molecule has 0 amide bonds. The molecule has 4 nitrogen and oxygen atoms in total. The molecule has 70 valence electrons. The third-order valence-electron chi connectivity index (χ3n) is 2.36. The van der Waals surface area contributed by atoms with E-state index in [1.54, 1.807) is 11.0 Å². The van der Waals surface area contributed by atoms with E-state index >= 15 is 0 Å². The van der Waals surface area contributed by atoms with E-state index in [-0.39, 0.29) is 0 Å². The van der Waals surface area contributed by atoms with Gasteiger partial charge < -0.3 is 5.32 Å². The predicted octanol–water partition coefficient (Wildman–Crippen LogP) is 0.623. The second kappa shape index (κ2) is 3.70. The van der Waals surface area contributed by atoms with Crippen LogP contribution < -0.4 is 5.32 Å². The number of aryl methyl sites for hydroxylation is 1. The molecule has 0 aliphatic heterocycles. The van der Waals surface area contributed by atoms with Crippen molar-refractivity contribution in [2.45, 2.75) is 25.4 Å². The van der Waals surface area contributed by atoms with Gasteiger partial charge in [-0.05, 0) is 12.8 Å². The Kier molecular flexibility index (Phi) is 2.40. The number of nitrogens with one attached hydrogen (secondary N) is 1. The van der Waals surface area contributed by atoms with E-state index in [1.807, 2.05) is 7.05 Å². The highest BCUT2D eigenvalue weighted by Crippen LogP contribution is 2.09. The van der Waals surface area contributed by atoms with E-state index in [4.69, 9.17) is 0 Å². The normalized spacial score (nSPS) is 17.0. The van der Waals surface area contributed by atoms with Crippen molar-refractivity contribution < 1.29 is 0 Å². The first kappa shape index (κ1) is 8.44. The minimum atomic E-state index is 0.594. The van der Waals surface area contributed by atoms with Gasteiger partial charge in [0.05, 0.1) is 6.54 Å². The van der Waals surface area contributed by atoms with Crippen molar-refractivity contribution >= 4 is 0 Å². The first-order valence-corrected chi connectivity index (χ1v) is 4.57. The second-order valence-corrected chi connectivity index (χ2v) is 3.32. The highest BCUT2D eigenvalue weighted by molar-refractivity contribution is 4.98. The Labute approximate surface area is 77.7 Å². The summed E-state index contributed by atoms with van der Waals surface area (Å²) in [6.45, 7) is 0.808. The van der Waals surface area contributed by atoms with E-state index in [1.165, 1.54) is 0 Å². The lowest BCUT2D eigenvalue weighted by atomic mass is 10.2. The molecule has 0 radical (unpaired) electrons. The van der Waals surface area contributed by atoms with Crippen molar-refractivity contribution in [3.05, 3.63) is 24.3 Å². The van der Waals surface area contributed by atoms with Crippen molar-refractivity contribution in [1.82, 2.24) is 20.1 Å². The van der Waals surface area contributed by atoms with Gasteiger partial charge in [0.1, 0.15) is 12.2 Å². The maximum Gasteiger partial charge on any atom is 0.140 e. The average Bonchev–Trinajstić information content (AvgIpc) is 2.72. The van der Waals surface area contributed by atoms with Crippen molar-refractivity contribution in [3.8, 4) is 0 Å². The molecule has 4 heteroatoms. The number of nitrogens with zero attached hydrogens (tertiary/aromatic N) is 3. The van der Waals surface area contributed by atoms with Gasteiger partial charge in [-0.2, -0.15) is 5.10 Å². The van der Waals surface area contributed by atoms with E-state index in [0.717, 1.165) is 25.2 Å². The van der Waals surface area contributed by atoms with Crippen LogP contribution in [0, 0.1) is 0 Å². The summed E-state index contributed by atoms with van der Waals surface area (Å²) in [5, 5.41) is 7.45. The van der Waals surface area contributed by atoms with Gasteiger partial charge in [-0.25, -0.2) is 4.98 Å². The highest BCUT2D eigenvalue weighted by Gasteiger charge is 2.10. The molecule has 2 rings (SSSR count). The van der Waals surface area contributed by atoms with Crippen LogP contribution in [0.15, 0.2) is 18.5 Å². The molecule has 13 heavy (non-hydrogen) atoms. The fraction of sp³-hybridized carbons (Fsp3) is 0.556. The Morgan fingerprint density at radius 3 is 2.92 bits per heavy atom. The van der Waals surface area contributed by atoms with Gasteiger partial charge in [-0.3, -0.25) is 4.68 Å². The summed E-state index contributed by atoms with van der Waals surface area (Å²) in [7, 11) is 1.91. The Balaban J connectivity index is 1.82. The Morgan fingerprint density at radius 1 is 1.54 bits per heavy atom. The average molecular weight is 178 g/mol. The lowest BCUT2D eigenvalue weighted by Crippen LogP contribution is -2.27. The number of rotatable bonds is 3. The van der Waals surface area contributed by atoms with Crippen LogP contribution in [0.25, 0.3) is 0 Å². The third-order valence-corrected chi connectivity index (χ3v) is 2.36. The second-order valence-electron chi connectivity index (χ2n) is 3.32. The minimum Gasteiger partial charge on any atom is -0.306 e. The van der Waals surface area contributed by atoms with Gasteiger partial charge in [0.2, 0.25) is 0 Å². The molecule has 1 aliphatic rings. The number of hydrogen-bond donors (Lipinski definition) is 1. The maximum absolute atomic E-state index is 4.15. The van der Waals surface area contributed by atoms with Crippen LogP contribution in [0.5, 0.6) is 0 Å². The van der Waals surface area contributed by atoms with Crippen LogP contribution >= 0.6 is 0 Å². The molecule has 1 aliphatic carbocycles. The molecule has 0 unspecified atom stereocenters. The number of aromatic nitrogens is 3. The van der Waals surface area contributed by atoms with Crippen LogP contribution in [0.3, 0.4) is 0 Å². The van der Waals surface area contributed by atoms with Crippen molar-refractivity contribution in [2.75, 3.05) is 0 Å². The standard InChI is InChI=1S/C9H14N4/c1-13-9(11-7-12-13)6-10-8-4-2-3-5-8/h2-3,7-8,10H,4-6H2,1H3. The summed E-state index contributed by atoms with van der Waals surface area (Å²) in [4.78, 5) is 4.15. The lowest BCUT2D eigenvalue weighted by molar-refractivity contribution is 0.513. The summed E-state index contributed by atoms with van der Waals surface area (Å²) < 4.78 is 1.80. The molecule has 0 fully saturated rings. The monoisotopic (exact) mass is 178 g/mol. The summed E-state index contributed by atoms with van der Waals surface area (Å²) in [6.07, 6.45) is 8.29. The van der Waals surface area contributed by atoms with Crippen LogP contribution in [0.2, 0.25) is 0 Å². The summed E-state index contributed by atoms with van der Waals surface area (Å²) >= 11 is 0. The molecule has 1 N–H and O–H groups in total. The molecule has 0 saturated carbocycles. The van der Waals surface area contributed by atoms with Gasteiger partial charge in [-0.15, -0.1) is 0 Å². The fourth-order valence-corrected chi connectivity index (χ4v) is 1.50. The van der Waals surface area contributed by atoms with Crippen molar-refractivity contribution in [3.63, 3.8) is 0 Å². The zero-order chi connectivity index (χ0) is 9.10. The van der Waals surface area contributed by atoms with E-state index in [2.05, 4.69) is 27.6 Å². The fourth-order valence-electron chi connectivity index (χ4n) is 1.50. The minimum absolute atomic E-state index is 0.594. The predicted molar refractivity (Wildman–Crippen MR) is 50.0 cm³/mol. The molecule has 0 bridgehead atoms. The molecular weight excluding hydrogens is 164 g/mol. The zero-order valence-corrected chi connectivity index (χ0v) is 7.77. The van der Waals surface area contributed by atoms with Crippen LogP contribution in [-0.2, 0) is 13.6 Å². The molecule has 0 aromatic carbocycles. The van der Waals surface area contributed by atoms with Gasteiger partial charge in [0.25, 0.3) is 0 Å². The van der Waals surface area contributed by atoms with E-state index < -0.39 is 0 Å². The van der Waals surface area contributed by atoms with E-state index in [0.29, 0.717) is 6.04 Å². The van der Waals surface area contributed by atoms with Crippen molar-refractivity contribution in [2.24, 2.45) is 7.05 Å². The summed E-state index contributed by atoms with van der Waals surface area (Å²) in [5.41, 5.74) is 0. The Hall–Kier alpha value is -1.16. The van der Waals surface area contributed by atoms with Crippen LogP contribution in [0.1, 0.15) is 18.7 Å². The van der Waals surface area contributed by atoms with Gasteiger partial charge in [-0.1, -0.05) is 12.2 Å². The summed E-state index contributed by atoms with van der Waals surface area (Å²) in [5.74, 6) is 0.993.